The summed E-state index contributed by atoms with van der Waals surface area (Å²) in [5.41, 5.74) is 0.925. The first-order valence-electron chi connectivity index (χ1n) is 9.65. The Hall–Kier alpha value is -1.71. The number of hydrogen-bond acceptors (Lipinski definition) is 2. The molecule has 3 rings (SSSR count). The van der Waals surface area contributed by atoms with E-state index in [2.05, 4.69) is 24.3 Å². The summed E-state index contributed by atoms with van der Waals surface area (Å²) < 4.78 is 21.5. The highest BCUT2D eigenvalue weighted by Crippen LogP contribution is 2.38. The molecule has 1 aliphatic rings. The molecule has 2 unspecified atom stereocenters. The maximum Gasteiger partial charge on any atom is 0.141 e. The highest BCUT2D eigenvalue weighted by atomic mass is 19.1. The molecule has 0 aliphatic carbocycles. The Morgan fingerprint density at radius 1 is 0.923 bits per heavy atom. The van der Waals surface area contributed by atoms with E-state index < -0.39 is 11.8 Å². The fourth-order valence-corrected chi connectivity index (χ4v) is 3.83. The van der Waals surface area contributed by atoms with Crippen LogP contribution in [-0.2, 0) is 17.6 Å². The third-order valence-electron chi connectivity index (χ3n) is 5.46. The van der Waals surface area contributed by atoms with Crippen molar-refractivity contribution in [2.24, 2.45) is 0 Å². The first kappa shape index (κ1) is 19.1. The van der Waals surface area contributed by atoms with Crippen molar-refractivity contribution in [1.82, 2.24) is 0 Å². The van der Waals surface area contributed by atoms with Crippen molar-refractivity contribution < 1.29 is 14.2 Å². The second-order valence-electron chi connectivity index (χ2n) is 7.55. The lowest BCUT2D eigenvalue weighted by Crippen LogP contribution is -2.48. The maximum atomic E-state index is 15.3. The Bertz CT molecular complexity index is 605. The van der Waals surface area contributed by atoms with E-state index in [1.54, 1.807) is 6.92 Å². The Morgan fingerprint density at radius 3 is 1.73 bits per heavy atom. The van der Waals surface area contributed by atoms with Crippen LogP contribution in [0, 0.1) is 0 Å². The zero-order chi connectivity index (χ0) is 18.4. The summed E-state index contributed by atoms with van der Waals surface area (Å²) >= 11 is 0. The minimum Gasteiger partial charge on any atom is -0.390 e. The van der Waals surface area contributed by atoms with Gasteiger partial charge in [0.05, 0.1) is 18.3 Å². The van der Waals surface area contributed by atoms with Crippen LogP contribution in [0.3, 0.4) is 0 Å². The van der Waals surface area contributed by atoms with Gasteiger partial charge in [-0.1, -0.05) is 60.7 Å². The Kier molecular flexibility index (Phi) is 6.44. The zero-order valence-electron chi connectivity index (χ0n) is 15.5. The van der Waals surface area contributed by atoms with Crippen molar-refractivity contribution in [3.05, 3.63) is 71.8 Å². The minimum atomic E-state index is -1.55. The van der Waals surface area contributed by atoms with E-state index in [-0.39, 0.29) is 25.0 Å². The first-order chi connectivity index (χ1) is 12.5. The SMILES string of the molecule is CC(O)C1(F)C[C@@H](CCc2ccccc2)O[C@@H](CCc2ccccc2)C1. The third kappa shape index (κ3) is 5.15. The summed E-state index contributed by atoms with van der Waals surface area (Å²) in [4.78, 5) is 0. The van der Waals surface area contributed by atoms with E-state index in [4.69, 9.17) is 4.74 Å². The minimum absolute atomic E-state index is 0.149. The molecule has 140 valence electrons. The van der Waals surface area contributed by atoms with Gasteiger partial charge in [0.2, 0.25) is 0 Å². The molecular weight excluding hydrogens is 327 g/mol. The number of alkyl halides is 1. The first-order valence-corrected chi connectivity index (χ1v) is 9.65. The largest absolute Gasteiger partial charge is 0.390 e. The number of hydrogen-bond donors (Lipinski definition) is 1. The van der Waals surface area contributed by atoms with Gasteiger partial charge in [0.15, 0.2) is 0 Å². The highest BCUT2D eigenvalue weighted by molar-refractivity contribution is 5.16. The van der Waals surface area contributed by atoms with Crippen LogP contribution in [0.4, 0.5) is 4.39 Å². The van der Waals surface area contributed by atoms with Gasteiger partial charge in [-0.3, -0.25) is 0 Å². The van der Waals surface area contributed by atoms with E-state index in [1.165, 1.54) is 11.1 Å². The Morgan fingerprint density at radius 2 is 1.35 bits per heavy atom. The molecule has 4 atom stereocenters. The Labute approximate surface area is 156 Å². The van der Waals surface area contributed by atoms with Crippen LogP contribution < -0.4 is 0 Å². The van der Waals surface area contributed by atoms with Crippen LogP contribution in [0.5, 0.6) is 0 Å². The van der Waals surface area contributed by atoms with Crippen molar-refractivity contribution in [2.45, 2.75) is 69.4 Å². The molecule has 0 bridgehead atoms. The van der Waals surface area contributed by atoms with E-state index in [0.717, 1.165) is 25.7 Å². The summed E-state index contributed by atoms with van der Waals surface area (Å²) in [5.74, 6) is 0. The van der Waals surface area contributed by atoms with Gasteiger partial charge in [-0.05, 0) is 43.7 Å². The van der Waals surface area contributed by atoms with Crippen LogP contribution in [0.15, 0.2) is 60.7 Å². The lowest BCUT2D eigenvalue weighted by atomic mass is 9.82. The van der Waals surface area contributed by atoms with Gasteiger partial charge < -0.3 is 9.84 Å². The number of benzene rings is 2. The molecule has 0 radical (unpaired) electrons. The predicted molar refractivity (Wildman–Crippen MR) is 103 cm³/mol. The number of halogens is 1. The summed E-state index contributed by atoms with van der Waals surface area (Å²) in [6.07, 6.45) is 2.59. The van der Waals surface area contributed by atoms with Crippen LogP contribution in [-0.4, -0.2) is 29.1 Å². The molecule has 1 aliphatic heterocycles. The van der Waals surface area contributed by atoms with Crippen molar-refractivity contribution >= 4 is 0 Å². The van der Waals surface area contributed by atoms with Gasteiger partial charge in [0.25, 0.3) is 0 Å². The smallest absolute Gasteiger partial charge is 0.141 e. The number of aryl methyl sites for hydroxylation is 2. The van der Waals surface area contributed by atoms with Crippen molar-refractivity contribution in [3.63, 3.8) is 0 Å². The molecule has 2 aromatic carbocycles. The molecule has 1 fully saturated rings. The van der Waals surface area contributed by atoms with E-state index in [0.29, 0.717) is 0 Å². The lowest BCUT2D eigenvalue weighted by Gasteiger charge is -2.41. The molecule has 1 heterocycles. The van der Waals surface area contributed by atoms with Gasteiger partial charge in [0, 0.05) is 12.8 Å². The summed E-state index contributed by atoms with van der Waals surface area (Å²) in [6.45, 7) is 1.56. The van der Waals surface area contributed by atoms with Crippen LogP contribution in [0.2, 0.25) is 0 Å². The molecule has 1 saturated heterocycles. The standard InChI is InChI=1S/C23H29FO2/c1-18(25)23(24)16-21(14-12-19-8-4-2-5-9-19)26-22(17-23)15-13-20-10-6-3-7-11-20/h2-11,18,21-22,25H,12-17H2,1H3/t18?,21-,22+,23?. The quantitative estimate of drug-likeness (QED) is 0.765. The fraction of sp³-hybridized carbons (Fsp3) is 0.478. The zero-order valence-corrected chi connectivity index (χ0v) is 15.5. The lowest BCUT2D eigenvalue weighted by molar-refractivity contribution is -0.148. The predicted octanol–water partition coefficient (Wildman–Crippen LogP) is 4.89. The molecule has 0 saturated carbocycles. The molecule has 0 aromatic heterocycles. The van der Waals surface area contributed by atoms with E-state index in [9.17, 15) is 5.11 Å². The summed E-state index contributed by atoms with van der Waals surface area (Å²) in [7, 11) is 0. The molecule has 26 heavy (non-hydrogen) atoms. The molecular formula is C23H29FO2. The molecule has 0 amide bonds. The van der Waals surface area contributed by atoms with Crippen LogP contribution in [0.1, 0.15) is 43.7 Å². The van der Waals surface area contributed by atoms with E-state index in [1.807, 2.05) is 36.4 Å². The topological polar surface area (TPSA) is 29.5 Å². The summed E-state index contributed by atoms with van der Waals surface area (Å²) in [5, 5.41) is 10.0. The van der Waals surface area contributed by atoms with E-state index >= 15 is 4.39 Å². The number of aliphatic hydroxyl groups is 1. The highest BCUT2D eigenvalue weighted by Gasteiger charge is 2.44. The molecule has 1 N–H and O–H groups in total. The van der Waals surface area contributed by atoms with Gasteiger partial charge in [0.1, 0.15) is 5.67 Å². The molecule has 3 heteroatoms. The van der Waals surface area contributed by atoms with Gasteiger partial charge >= 0.3 is 0 Å². The van der Waals surface area contributed by atoms with Gasteiger partial charge in [-0.15, -0.1) is 0 Å². The average Bonchev–Trinajstić information content (AvgIpc) is 2.66. The second-order valence-corrected chi connectivity index (χ2v) is 7.55. The van der Waals surface area contributed by atoms with Crippen molar-refractivity contribution in [3.8, 4) is 0 Å². The fourth-order valence-electron chi connectivity index (χ4n) is 3.83. The van der Waals surface area contributed by atoms with Crippen LogP contribution >= 0.6 is 0 Å². The number of aliphatic hydroxyl groups excluding tert-OH is 1. The van der Waals surface area contributed by atoms with Crippen molar-refractivity contribution in [1.29, 1.82) is 0 Å². The van der Waals surface area contributed by atoms with Gasteiger partial charge in [-0.2, -0.15) is 0 Å². The monoisotopic (exact) mass is 356 g/mol. The second kappa shape index (κ2) is 8.79. The molecule has 2 nitrogen and oxygen atoms in total. The number of rotatable bonds is 7. The van der Waals surface area contributed by atoms with Gasteiger partial charge in [-0.25, -0.2) is 4.39 Å². The number of ether oxygens (including phenoxy) is 1. The molecule has 0 spiro atoms. The Balaban J connectivity index is 1.61. The van der Waals surface area contributed by atoms with Crippen LogP contribution in [0.25, 0.3) is 0 Å². The normalized spacial score (nSPS) is 27.2. The third-order valence-corrected chi connectivity index (χ3v) is 5.46. The van der Waals surface area contributed by atoms with Crippen molar-refractivity contribution in [2.75, 3.05) is 0 Å². The summed E-state index contributed by atoms with van der Waals surface area (Å²) in [6, 6.07) is 20.5. The average molecular weight is 356 g/mol. The maximum absolute atomic E-state index is 15.3. The molecule has 2 aromatic rings.